The van der Waals surface area contributed by atoms with Gasteiger partial charge in [-0.1, -0.05) is 17.3 Å². The average molecular weight is 530 g/mol. The van der Waals surface area contributed by atoms with Gasteiger partial charge in [-0.05, 0) is 80.6 Å². The van der Waals surface area contributed by atoms with Gasteiger partial charge >= 0.3 is 0 Å². The van der Waals surface area contributed by atoms with Crippen molar-refractivity contribution in [1.82, 2.24) is 30.5 Å². The normalized spacial score (nSPS) is 19.7. The Morgan fingerprint density at radius 2 is 1.85 bits per heavy atom. The summed E-state index contributed by atoms with van der Waals surface area (Å²) < 4.78 is 14.8. The molecule has 3 aromatic rings. The van der Waals surface area contributed by atoms with E-state index in [1.165, 1.54) is 12.1 Å². The van der Waals surface area contributed by atoms with E-state index < -0.39 is 6.04 Å². The van der Waals surface area contributed by atoms with Crippen LogP contribution < -0.4 is 10.6 Å². The largest absolute Gasteiger partial charge is 0.341 e. The first kappa shape index (κ1) is 26.5. The van der Waals surface area contributed by atoms with Crippen molar-refractivity contribution >= 4 is 11.8 Å². The van der Waals surface area contributed by atoms with Crippen LogP contribution in [-0.2, 0) is 4.79 Å². The Balaban J connectivity index is 1.17. The fourth-order valence-corrected chi connectivity index (χ4v) is 5.15. The number of carbonyl (C=O) groups is 2. The van der Waals surface area contributed by atoms with Crippen molar-refractivity contribution in [1.29, 1.82) is 5.26 Å². The van der Waals surface area contributed by atoms with Crippen molar-refractivity contribution < 1.29 is 14.0 Å². The van der Waals surface area contributed by atoms with Gasteiger partial charge in [0.15, 0.2) is 0 Å². The van der Waals surface area contributed by atoms with Crippen LogP contribution in [0.3, 0.4) is 0 Å². The summed E-state index contributed by atoms with van der Waals surface area (Å²) in [6.07, 6.45) is 6.82. The molecule has 2 heterocycles. The summed E-state index contributed by atoms with van der Waals surface area (Å²) in [4.78, 5) is 28.3. The van der Waals surface area contributed by atoms with Crippen molar-refractivity contribution in [2.24, 2.45) is 5.92 Å². The highest BCUT2D eigenvalue weighted by Gasteiger charge is 2.37. The molecule has 1 saturated carbocycles. The summed E-state index contributed by atoms with van der Waals surface area (Å²) in [5.74, 6) is -0.289. The number of nitrogens with zero attached hydrogens (tertiary/aromatic N) is 5. The summed E-state index contributed by atoms with van der Waals surface area (Å²) in [5, 5.41) is 23.4. The number of hydrogen-bond donors (Lipinski definition) is 2. The second kappa shape index (κ2) is 12.2. The number of aromatic nitrogens is 3. The maximum Gasteiger partial charge on any atom is 0.251 e. The Labute approximate surface area is 227 Å². The summed E-state index contributed by atoms with van der Waals surface area (Å²) in [6, 6.07) is 15.6. The van der Waals surface area contributed by atoms with Crippen molar-refractivity contribution in [3.8, 4) is 11.8 Å². The van der Waals surface area contributed by atoms with Gasteiger partial charge in [0.05, 0.1) is 24.2 Å². The van der Waals surface area contributed by atoms with Crippen LogP contribution in [-0.4, -0.2) is 63.4 Å². The predicted molar refractivity (Wildman–Crippen MR) is 142 cm³/mol. The minimum Gasteiger partial charge on any atom is -0.341 e. The Morgan fingerprint density at radius 1 is 1.10 bits per heavy atom. The first-order valence-electron chi connectivity index (χ1n) is 13.5. The summed E-state index contributed by atoms with van der Waals surface area (Å²) in [7, 11) is 0. The lowest BCUT2D eigenvalue weighted by Gasteiger charge is -2.32. The van der Waals surface area contributed by atoms with Gasteiger partial charge in [-0.25, -0.2) is 9.07 Å². The quantitative estimate of drug-likeness (QED) is 0.390. The van der Waals surface area contributed by atoms with Crippen molar-refractivity contribution in [2.45, 2.75) is 50.1 Å². The van der Waals surface area contributed by atoms with Crippen LogP contribution in [0, 0.1) is 23.1 Å². The number of carbonyl (C=O) groups excluding carboxylic acids is 2. The molecule has 1 aliphatic heterocycles. The molecule has 202 valence electrons. The van der Waals surface area contributed by atoms with Gasteiger partial charge < -0.3 is 15.5 Å². The Morgan fingerprint density at radius 3 is 2.51 bits per heavy atom. The van der Waals surface area contributed by atoms with Crippen LogP contribution in [0.4, 0.5) is 4.39 Å². The molecular weight excluding hydrogens is 497 g/mol. The zero-order valence-electron chi connectivity index (χ0n) is 21.7. The number of benzene rings is 2. The van der Waals surface area contributed by atoms with Crippen LogP contribution in [0.15, 0.2) is 60.9 Å². The predicted octanol–water partition coefficient (Wildman–Crippen LogP) is 3.19. The molecule has 1 saturated heterocycles. The molecule has 3 atom stereocenters. The molecule has 5 rings (SSSR count). The lowest BCUT2D eigenvalue weighted by Crippen LogP contribution is -2.50. The minimum atomic E-state index is -0.653. The molecule has 1 aliphatic carbocycles. The third kappa shape index (κ3) is 6.67. The molecule has 0 radical (unpaired) electrons. The fourth-order valence-electron chi connectivity index (χ4n) is 5.15. The number of amides is 2. The van der Waals surface area contributed by atoms with Gasteiger partial charge in [-0.3, -0.25) is 9.59 Å². The van der Waals surface area contributed by atoms with Gasteiger partial charge in [0.2, 0.25) is 5.91 Å². The zero-order valence-corrected chi connectivity index (χ0v) is 21.7. The lowest BCUT2D eigenvalue weighted by atomic mass is 9.97. The SMILES string of the molecule is N#CC1CCN(C(=O)C(CCCN[C@@H]2C[C@H]2c2ccc(F)cc2)NC(=O)c2ccc(-n3ccnn3)cc2)CC1. The van der Waals surface area contributed by atoms with Crippen molar-refractivity contribution in [3.05, 3.63) is 77.9 Å². The molecule has 2 aromatic carbocycles. The highest BCUT2D eigenvalue weighted by Crippen LogP contribution is 2.40. The molecule has 1 unspecified atom stereocenters. The fraction of sp³-hybridized carbons (Fsp3) is 0.414. The molecule has 2 aliphatic rings. The van der Waals surface area contributed by atoms with E-state index in [1.54, 1.807) is 46.2 Å². The average Bonchev–Trinajstić information content (AvgIpc) is 3.53. The summed E-state index contributed by atoms with van der Waals surface area (Å²) in [6.45, 7) is 1.76. The van der Waals surface area contributed by atoms with E-state index in [0.29, 0.717) is 62.8 Å². The topological polar surface area (TPSA) is 116 Å². The molecule has 0 bridgehead atoms. The van der Waals surface area contributed by atoms with E-state index in [1.807, 2.05) is 12.1 Å². The van der Waals surface area contributed by atoms with Crippen molar-refractivity contribution in [2.75, 3.05) is 19.6 Å². The van der Waals surface area contributed by atoms with E-state index in [-0.39, 0.29) is 23.5 Å². The van der Waals surface area contributed by atoms with Crippen LogP contribution in [0.1, 0.15) is 53.9 Å². The molecule has 10 heteroatoms. The number of nitriles is 1. The second-order valence-electron chi connectivity index (χ2n) is 10.2. The maximum absolute atomic E-state index is 13.4. The van der Waals surface area contributed by atoms with Gasteiger partial charge in [0, 0.05) is 36.5 Å². The Kier molecular flexibility index (Phi) is 8.27. The van der Waals surface area contributed by atoms with Gasteiger partial charge in [0.25, 0.3) is 5.91 Å². The van der Waals surface area contributed by atoms with E-state index in [0.717, 1.165) is 17.7 Å². The highest BCUT2D eigenvalue weighted by molar-refractivity contribution is 5.97. The molecule has 1 aromatic heterocycles. The number of piperidine rings is 1. The molecule has 0 spiro atoms. The van der Waals surface area contributed by atoms with Crippen molar-refractivity contribution in [3.63, 3.8) is 0 Å². The standard InChI is InChI=1S/C29H32FN7O2/c30-23-7-3-21(4-8-23)25-18-27(25)32-13-1-2-26(29(39)36-15-11-20(19-31)12-16-36)34-28(38)22-5-9-24(10-6-22)37-17-14-33-35-37/h3-10,14,17,20,25-27,32H,1-2,11-13,15-16,18H2,(H,34,38)/t25-,26?,27+/m0/s1. The Bertz CT molecular complexity index is 1300. The highest BCUT2D eigenvalue weighted by atomic mass is 19.1. The van der Waals surface area contributed by atoms with E-state index in [9.17, 15) is 19.2 Å². The molecule has 2 fully saturated rings. The molecule has 2 amide bonds. The summed E-state index contributed by atoms with van der Waals surface area (Å²) >= 11 is 0. The lowest BCUT2D eigenvalue weighted by molar-refractivity contribution is -0.134. The summed E-state index contributed by atoms with van der Waals surface area (Å²) in [5.41, 5.74) is 2.37. The smallest absolute Gasteiger partial charge is 0.251 e. The molecular formula is C29H32FN7O2. The third-order valence-corrected chi connectivity index (χ3v) is 7.57. The third-order valence-electron chi connectivity index (χ3n) is 7.57. The molecule has 39 heavy (non-hydrogen) atoms. The monoisotopic (exact) mass is 529 g/mol. The number of rotatable bonds is 10. The van der Waals surface area contributed by atoms with Gasteiger partial charge in [-0.2, -0.15) is 5.26 Å². The van der Waals surface area contributed by atoms with Crippen LogP contribution in [0.25, 0.3) is 5.69 Å². The van der Waals surface area contributed by atoms with Gasteiger partial charge in [0.1, 0.15) is 11.9 Å². The Hall–Kier alpha value is -4.10. The first-order chi connectivity index (χ1) is 19.0. The van der Waals surface area contributed by atoms with E-state index >= 15 is 0 Å². The number of hydrogen-bond acceptors (Lipinski definition) is 6. The first-order valence-corrected chi connectivity index (χ1v) is 13.5. The zero-order chi connectivity index (χ0) is 27.2. The van der Waals surface area contributed by atoms with Gasteiger partial charge in [-0.15, -0.1) is 5.10 Å². The molecule has 2 N–H and O–H groups in total. The van der Waals surface area contributed by atoms with Crippen LogP contribution in [0.2, 0.25) is 0 Å². The van der Waals surface area contributed by atoms with Crippen LogP contribution >= 0.6 is 0 Å². The number of nitrogens with one attached hydrogen (secondary N) is 2. The number of likely N-dealkylation sites (tertiary alicyclic amines) is 1. The van der Waals surface area contributed by atoms with E-state index in [2.05, 4.69) is 27.0 Å². The maximum atomic E-state index is 13.4. The number of halogens is 1. The minimum absolute atomic E-state index is 0.0256. The van der Waals surface area contributed by atoms with Crippen LogP contribution in [0.5, 0.6) is 0 Å². The molecule has 9 nitrogen and oxygen atoms in total. The van der Waals surface area contributed by atoms with E-state index in [4.69, 9.17) is 0 Å². The second-order valence-corrected chi connectivity index (χ2v) is 10.2.